The maximum Gasteiger partial charge on any atom is 0.253 e. The third-order valence-electron chi connectivity index (χ3n) is 4.93. The van der Waals surface area contributed by atoms with E-state index < -0.39 is 0 Å². The van der Waals surface area contributed by atoms with Gasteiger partial charge in [-0.1, -0.05) is 18.2 Å². The molecular formula is C22H29N5O. The van der Waals surface area contributed by atoms with E-state index in [2.05, 4.69) is 20.6 Å². The van der Waals surface area contributed by atoms with Crippen LogP contribution in [-0.4, -0.2) is 48.4 Å². The SMILES string of the molecule is CN=C(NCCc1ccccn1)NCc1ccc(C(=O)N2CCCCC2)cc1. The maximum absolute atomic E-state index is 12.5. The Balaban J connectivity index is 1.44. The Hall–Kier alpha value is -2.89. The van der Waals surface area contributed by atoms with Gasteiger partial charge in [0, 0.05) is 57.1 Å². The lowest BCUT2D eigenvalue weighted by molar-refractivity contribution is 0.0724. The molecule has 1 aromatic heterocycles. The molecule has 0 saturated carbocycles. The van der Waals surface area contributed by atoms with E-state index in [0.29, 0.717) is 6.54 Å². The molecule has 0 unspecified atom stereocenters. The summed E-state index contributed by atoms with van der Waals surface area (Å²) in [5.41, 5.74) is 2.94. The van der Waals surface area contributed by atoms with Gasteiger partial charge in [-0.2, -0.15) is 0 Å². The second kappa shape index (κ2) is 10.4. The van der Waals surface area contributed by atoms with Gasteiger partial charge in [-0.05, 0) is 49.1 Å². The van der Waals surface area contributed by atoms with Gasteiger partial charge in [0.15, 0.2) is 5.96 Å². The molecule has 28 heavy (non-hydrogen) atoms. The van der Waals surface area contributed by atoms with E-state index in [4.69, 9.17) is 0 Å². The molecule has 148 valence electrons. The molecule has 1 aliphatic heterocycles. The van der Waals surface area contributed by atoms with Gasteiger partial charge < -0.3 is 15.5 Å². The zero-order valence-electron chi connectivity index (χ0n) is 16.5. The number of piperidine rings is 1. The predicted octanol–water partition coefficient (Wildman–Crippen LogP) is 2.62. The quantitative estimate of drug-likeness (QED) is 0.598. The molecule has 1 amide bonds. The first-order valence-electron chi connectivity index (χ1n) is 9.99. The number of guanidine groups is 1. The molecule has 1 saturated heterocycles. The average molecular weight is 380 g/mol. The minimum atomic E-state index is 0.145. The Morgan fingerprint density at radius 3 is 2.54 bits per heavy atom. The van der Waals surface area contributed by atoms with Crippen LogP contribution in [0.1, 0.15) is 40.9 Å². The Bertz CT molecular complexity index is 767. The number of rotatable bonds is 6. The minimum Gasteiger partial charge on any atom is -0.356 e. The van der Waals surface area contributed by atoms with E-state index in [1.165, 1.54) is 6.42 Å². The van der Waals surface area contributed by atoms with Gasteiger partial charge in [-0.3, -0.25) is 14.8 Å². The lowest BCUT2D eigenvalue weighted by Crippen LogP contribution is -2.38. The summed E-state index contributed by atoms with van der Waals surface area (Å²) in [6, 6.07) is 13.8. The summed E-state index contributed by atoms with van der Waals surface area (Å²) in [6.07, 6.45) is 6.10. The van der Waals surface area contributed by atoms with Crippen molar-refractivity contribution in [3.63, 3.8) is 0 Å². The van der Waals surface area contributed by atoms with E-state index in [1.807, 2.05) is 53.6 Å². The molecule has 0 atom stereocenters. The van der Waals surface area contributed by atoms with E-state index in [-0.39, 0.29) is 5.91 Å². The summed E-state index contributed by atoms with van der Waals surface area (Å²) in [4.78, 5) is 23.1. The molecule has 1 aromatic carbocycles. The van der Waals surface area contributed by atoms with Crippen LogP contribution in [0.4, 0.5) is 0 Å². The van der Waals surface area contributed by atoms with Gasteiger partial charge in [-0.25, -0.2) is 0 Å². The number of pyridine rings is 1. The minimum absolute atomic E-state index is 0.145. The first-order chi connectivity index (χ1) is 13.8. The van der Waals surface area contributed by atoms with Crippen LogP contribution in [0.2, 0.25) is 0 Å². The monoisotopic (exact) mass is 379 g/mol. The molecule has 1 aliphatic rings. The fourth-order valence-corrected chi connectivity index (χ4v) is 3.31. The summed E-state index contributed by atoms with van der Waals surface area (Å²) in [5.74, 6) is 0.899. The van der Waals surface area contributed by atoms with Crippen molar-refractivity contribution in [2.24, 2.45) is 4.99 Å². The van der Waals surface area contributed by atoms with Crippen molar-refractivity contribution in [3.05, 3.63) is 65.5 Å². The van der Waals surface area contributed by atoms with Gasteiger partial charge in [0.2, 0.25) is 0 Å². The van der Waals surface area contributed by atoms with E-state index in [0.717, 1.165) is 61.7 Å². The maximum atomic E-state index is 12.5. The topological polar surface area (TPSA) is 69.6 Å². The Labute approximate surface area is 167 Å². The molecule has 0 spiro atoms. The first kappa shape index (κ1) is 19.9. The van der Waals surface area contributed by atoms with Crippen molar-refractivity contribution < 1.29 is 4.79 Å². The normalized spacial score (nSPS) is 14.6. The summed E-state index contributed by atoms with van der Waals surface area (Å²) in [6.45, 7) is 3.17. The number of amides is 1. The molecule has 3 rings (SSSR count). The Morgan fingerprint density at radius 1 is 1.07 bits per heavy atom. The summed E-state index contributed by atoms with van der Waals surface area (Å²) < 4.78 is 0. The van der Waals surface area contributed by atoms with Gasteiger partial charge in [0.25, 0.3) is 5.91 Å². The Kier molecular flexibility index (Phi) is 7.41. The third kappa shape index (κ3) is 5.81. The zero-order valence-corrected chi connectivity index (χ0v) is 16.5. The van der Waals surface area contributed by atoms with Crippen molar-refractivity contribution in [2.45, 2.75) is 32.2 Å². The molecule has 2 heterocycles. The van der Waals surface area contributed by atoms with Crippen molar-refractivity contribution in [1.29, 1.82) is 0 Å². The number of likely N-dealkylation sites (tertiary alicyclic amines) is 1. The zero-order chi connectivity index (χ0) is 19.6. The molecule has 0 radical (unpaired) electrons. The van der Waals surface area contributed by atoms with Crippen LogP contribution in [-0.2, 0) is 13.0 Å². The Morgan fingerprint density at radius 2 is 1.86 bits per heavy atom. The highest BCUT2D eigenvalue weighted by atomic mass is 16.2. The number of aromatic nitrogens is 1. The number of benzene rings is 1. The molecule has 2 N–H and O–H groups in total. The second-order valence-electron chi connectivity index (χ2n) is 6.97. The largest absolute Gasteiger partial charge is 0.356 e. The fraction of sp³-hybridized carbons (Fsp3) is 0.409. The van der Waals surface area contributed by atoms with Gasteiger partial charge in [0.1, 0.15) is 0 Å². The van der Waals surface area contributed by atoms with Crippen LogP contribution < -0.4 is 10.6 Å². The van der Waals surface area contributed by atoms with E-state index >= 15 is 0 Å². The van der Waals surface area contributed by atoms with Gasteiger partial charge >= 0.3 is 0 Å². The number of nitrogens with zero attached hydrogens (tertiary/aromatic N) is 3. The smallest absolute Gasteiger partial charge is 0.253 e. The molecular weight excluding hydrogens is 350 g/mol. The summed E-state index contributed by atoms with van der Waals surface area (Å²) >= 11 is 0. The first-order valence-corrected chi connectivity index (χ1v) is 9.99. The lowest BCUT2D eigenvalue weighted by Gasteiger charge is -2.26. The molecule has 1 fully saturated rings. The number of hydrogen-bond acceptors (Lipinski definition) is 3. The highest BCUT2D eigenvalue weighted by Crippen LogP contribution is 2.13. The second-order valence-corrected chi connectivity index (χ2v) is 6.97. The number of hydrogen-bond donors (Lipinski definition) is 2. The molecule has 6 heteroatoms. The third-order valence-corrected chi connectivity index (χ3v) is 4.93. The molecule has 2 aromatic rings. The van der Waals surface area contributed by atoms with E-state index in [1.54, 1.807) is 7.05 Å². The van der Waals surface area contributed by atoms with E-state index in [9.17, 15) is 4.79 Å². The molecule has 0 bridgehead atoms. The van der Waals surface area contributed by atoms with Gasteiger partial charge in [0.05, 0.1) is 0 Å². The van der Waals surface area contributed by atoms with Crippen molar-refractivity contribution in [2.75, 3.05) is 26.7 Å². The van der Waals surface area contributed by atoms with Crippen molar-refractivity contribution in [1.82, 2.24) is 20.5 Å². The standard InChI is InChI=1S/C22H29N5O/c1-23-22(25-14-12-20-7-3-4-13-24-20)26-17-18-8-10-19(11-9-18)21(28)27-15-5-2-6-16-27/h3-4,7-11,13H,2,5-6,12,14-17H2,1H3,(H2,23,25,26). The van der Waals surface area contributed by atoms with Crippen LogP contribution in [0.5, 0.6) is 0 Å². The predicted molar refractivity (Wildman–Crippen MR) is 112 cm³/mol. The number of carbonyl (C=O) groups excluding carboxylic acids is 1. The average Bonchev–Trinajstić information content (AvgIpc) is 2.77. The van der Waals surface area contributed by atoms with Crippen LogP contribution in [0, 0.1) is 0 Å². The van der Waals surface area contributed by atoms with Gasteiger partial charge in [-0.15, -0.1) is 0 Å². The fourth-order valence-electron chi connectivity index (χ4n) is 3.31. The van der Waals surface area contributed by atoms with Crippen LogP contribution in [0.3, 0.4) is 0 Å². The van der Waals surface area contributed by atoms with Crippen LogP contribution >= 0.6 is 0 Å². The molecule has 0 aliphatic carbocycles. The number of nitrogens with one attached hydrogen (secondary N) is 2. The number of carbonyl (C=O) groups is 1. The van der Waals surface area contributed by atoms with Crippen molar-refractivity contribution in [3.8, 4) is 0 Å². The molecule has 6 nitrogen and oxygen atoms in total. The van der Waals surface area contributed by atoms with Crippen molar-refractivity contribution >= 4 is 11.9 Å². The number of aliphatic imine (C=N–C) groups is 1. The van der Waals surface area contributed by atoms with Crippen LogP contribution in [0.25, 0.3) is 0 Å². The lowest BCUT2D eigenvalue weighted by atomic mass is 10.1. The summed E-state index contributed by atoms with van der Waals surface area (Å²) in [7, 11) is 1.76. The highest BCUT2D eigenvalue weighted by molar-refractivity contribution is 5.94. The highest BCUT2D eigenvalue weighted by Gasteiger charge is 2.17. The summed E-state index contributed by atoms with van der Waals surface area (Å²) in [5, 5.41) is 6.61. The van der Waals surface area contributed by atoms with Crippen LogP contribution in [0.15, 0.2) is 53.7 Å².